The molecule has 156 valence electrons. The molecule has 0 saturated heterocycles. The van der Waals surface area contributed by atoms with Gasteiger partial charge in [0.2, 0.25) is 16.0 Å². The Balaban J connectivity index is 1.54. The maximum absolute atomic E-state index is 11.5. The number of primary sulfonamides is 1. The second-order valence-electron chi connectivity index (χ2n) is 8.10. The summed E-state index contributed by atoms with van der Waals surface area (Å²) in [4.78, 5) is 11.5. The normalized spacial score (nSPS) is 18.0. The minimum absolute atomic E-state index is 0.0371. The largest absolute Gasteiger partial charge is 0.338 e. The third-order valence-corrected chi connectivity index (χ3v) is 7.02. The highest BCUT2D eigenvalue weighted by Gasteiger charge is 2.37. The third kappa shape index (κ3) is 3.14. The van der Waals surface area contributed by atoms with Crippen LogP contribution in [0.5, 0.6) is 0 Å². The zero-order valence-electron chi connectivity index (χ0n) is 16.7. The lowest BCUT2D eigenvalue weighted by Crippen LogP contribution is -2.39. The third-order valence-electron chi connectivity index (χ3n) is 6.09. The van der Waals surface area contributed by atoms with Crippen LogP contribution in [0, 0.1) is 0 Å². The Morgan fingerprint density at radius 2 is 1.87 bits per heavy atom. The maximum atomic E-state index is 11.5. The lowest BCUT2D eigenvalue weighted by Gasteiger charge is -2.42. The van der Waals surface area contributed by atoms with Gasteiger partial charge in [-0.1, -0.05) is 19.3 Å². The summed E-state index contributed by atoms with van der Waals surface area (Å²) in [7, 11) is -1.67. The number of aromatic nitrogens is 3. The van der Waals surface area contributed by atoms with Crippen LogP contribution in [0.25, 0.3) is 11.0 Å². The number of benzene rings is 1. The van der Waals surface area contributed by atoms with E-state index in [-0.39, 0.29) is 10.4 Å². The Morgan fingerprint density at radius 1 is 1.13 bits per heavy atom. The van der Waals surface area contributed by atoms with Crippen molar-refractivity contribution in [2.45, 2.75) is 42.5 Å². The SMILES string of the molecule is CN1C=CC2(CCCCC2)n2c1cc1cnc(Nc3ccc(S(N)(=O)=O)cc3)nc12. The van der Waals surface area contributed by atoms with Crippen molar-refractivity contribution in [3.8, 4) is 0 Å². The molecule has 1 saturated carbocycles. The molecular formula is C21H24N6O2S. The standard InChI is InChI=1S/C21H24N6O2S/c1-26-12-11-21(9-3-2-4-10-21)27-18(26)13-15-14-23-20(25-19(15)27)24-16-5-7-17(8-6-16)30(22,28)29/h5-8,11-14H,2-4,9-10H2,1H3,(H2,22,28,29)(H,23,24,25). The van der Waals surface area contributed by atoms with Gasteiger partial charge in [0.25, 0.3) is 0 Å². The van der Waals surface area contributed by atoms with E-state index in [0.29, 0.717) is 11.6 Å². The summed E-state index contributed by atoms with van der Waals surface area (Å²) < 4.78 is 25.3. The van der Waals surface area contributed by atoms with Gasteiger partial charge in [0.1, 0.15) is 11.5 Å². The topological polar surface area (TPSA) is 106 Å². The van der Waals surface area contributed by atoms with E-state index < -0.39 is 10.0 Å². The van der Waals surface area contributed by atoms with Gasteiger partial charge < -0.3 is 14.8 Å². The molecule has 1 aliphatic heterocycles. The van der Waals surface area contributed by atoms with Gasteiger partial charge in [-0.3, -0.25) is 0 Å². The number of sulfonamides is 1. The maximum Gasteiger partial charge on any atom is 0.238 e. The lowest BCUT2D eigenvalue weighted by molar-refractivity contribution is 0.260. The van der Waals surface area contributed by atoms with Crippen molar-refractivity contribution in [2.24, 2.45) is 5.14 Å². The minimum atomic E-state index is -3.72. The molecule has 1 fully saturated rings. The highest BCUT2D eigenvalue weighted by molar-refractivity contribution is 7.89. The minimum Gasteiger partial charge on any atom is -0.338 e. The fraction of sp³-hybridized carbons (Fsp3) is 0.333. The Hall–Kier alpha value is -2.91. The number of hydrogen-bond acceptors (Lipinski definition) is 6. The van der Waals surface area contributed by atoms with Crippen LogP contribution < -0.4 is 15.4 Å². The summed E-state index contributed by atoms with van der Waals surface area (Å²) in [6.07, 6.45) is 12.2. The van der Waals surface area contributed by atoms with Crippen LogP contribution in [0.15, 0.2) is 53.7 Å². The van der Waals surface area contributed by atoms with Gasteiger partial charge in [0.05, 0.1) is 10.4 Å². The van der Waals surface area contributed by atoms with Gasteiger partial charge in [-0.25, -0.2) is 18.5 Å². The number of nitrogens with zero attached hydrogens (tertiary/aromatic N) is 4. The van der Waals surface area contributed by atoms with Crippen LogP contribution in [0.2, 0.25) is 0 Å². The highest BCUT2D eigenvalue weighted by Crippen LogP contribution is 2.44. The molecule has 2 aromatic heterocycles. The summed E-state index contributed by atoms with van der Waals surface area (Å²) in [6.45, 7) is 0. The molecule has 3 N–H and O–H groups in total. The van der Waals surface area contributed by atoms with Crippen LogP contribution in [-0.2, 0) is 15.6 Å². The quantitative estimate of drug-likeness (QED) is 0.667. The molecule has 3 heterocycles. The highest BCUT2D eigenvalue weighted by atomic mass is 32.2. The molecule has 9 heteroatoms. The van der Waals surface area contributed by atoms with Gasteiger partial charge in [-0.15, -0.1) is 0 Å². The Labute approximate surface area is 175 Å². The van der Waals surface area contributed by atoms with Crippen LogP contribution in [-0.4, -0.2) is 30.0 Å². The Morgan fingerprint density at radius 3 is 2.57 bits per heavy atom. The van der Waals surface area contributed by atoms with Gasteiger partial charge >= 0.3 is 0 Å². The van der Waals surface area contributed by atoms with Crippen LogP contribution in [0.3, 0.4) is 0 Å². The molecule has 1 spiro atoms. The molecule has 0 amide bonds. The molecule has 1 aromatic carbocycles. The first-order valence-corrected chi connectivity index (χ1v) is 11.6. The number of allylic oxidation sites excluding steroid dienone is 1. The van der Waals surface area contributed by atoms with Gasteiger partial charge in [-0.2, -0.15) is 4.98 Å². The first-order chi connectivity index (χ1) is 14.4. The fourth-order valence-electron chi connectivity index (χ4n) is 4.55. The van der Waals surface area contributed by atoms with E-state index in [4.69, 9.17) is 10.1 Å². The van der Waals surface area contributed by atoms with E-state index in [1.807, 2.05) is 6.20 Å². The van der Waals surface area contributed by atoms with E-state index >= 15 is 0 Å². The van der Waals surface area contributed by atoms with Gasteiger partial charge in [0.15, 0.2) is 0 Å². The Bertz CT molecular complexity index is 1240. The molecule has 0 bridgehead atoms. The molecule has 0 atom stereocenters. The van der Waals surface area contributed by atoms with Crippen molar-refractivity contribution in [3.05, 3.63) is 48.8 Å². The molecule has 0 radical (unpaired) electrons. The zero-order chi connectivity index (χ0) is 20.9. The van der Waals surface area contributed by atoms with Crippen molar-refractivity contribution >= 4 is 38.5 Å². The first-order valence-electron chi connectivity index (χ1n) is 10.1. The molecule has 3 aromatic rings. The van der Waals surface area contributed by atoms with Crippen molar-refractivity contribution in [2.75, 3.05) is 17.3 Å². The van der Waals surface area contributed by atoms with E-state index in [2.05, 4.69) is 45.2 Å². The van der Waals surface area contributed by atoms with Crippen LogP contribution in [0.4, 0.5) is 17.5 Å². The predicted octanol–water partition coefficient (Wildman–Crippen LogP) is 3.45. The smallest absolute Gasteiger partial charge is 0.238 e. The molecule has 5 rings (SSSR count). The number of hydrogen-bond donors (Lipinski definition) is 2. The van der Waals surface area contributed by atoms with Crippen molar-refractivity contribution in [1.82, 2.24) is 14.5 Å². The number of fused-ring (bicyclic) bond motifs is 4. The number of nitrogens with one attached hydrogen (secondary N) is 1. The fourth-order valence-corrected chi connectivity index (χ4v) is 5.06. The van der Waals surface area contributed by atoms with Gasteiger partial charge in [0, 0.05) is 30.5 Å². The number of anilines is 3. The summed E-state index contributed by atoms with van der Waals surface area (Å²) in [5.74, 6) is 1.59. The average molecular weight is 425 g/mol. The van der Waals surface area contributed by atoms with E-state index in [1.54, 1.807) is 12.1 Å². The monoisotopic (exact) mass is 424 g/mol. The second kappa shape index (κ2) is 6.82. The number of nitrogens with two attached hydrogens (primary N) is 1. The molecule has 0 unspecified atom stereocenters. The van der Waals surface area contributed by atoms with E-state index in [0.717, 1.165) is 29.7 Å². The molecule has 1 aliphatic carbocycles. The Kier molecular flexibility index (Phi) is 4.33. The summed E-state index contributed by atoms with van der Waals surface area (Å²) in [5.41, 5.74) is 1.56. The van der Waals surface area contributed by atoms with Crippen LogP contribution in [0.1, 0.15) is 32.1 Å². The molecule has 8 nitrogen and oxygen atoms in total. The second-order valence-corrected chi connectivity index (χ2v) is 9.66. The number of rotatable bonds is 3. The average Bonchev–Trinajstić information content (AvgIpc) is 3.12. The van der Waals surface area contributed by atoms with Gasteiger partial charge in [-0.05, 0) is 49.2 Å². The van der Waals surface area contributed by atoms with E-state index in [1.165, 1.54) is 31.4 Å². The summed E-state index contributed by atoms with van der Waals surface area (Å²) >= 11 is 0. The zero-order valence-corrected chi connectivity index (χ0v) is 17.6. The van der Waals surface area contributed by atoms with Crippen LogP contribution >= 0.6 is 0 Å². The molecule has 30 heavy (non-hydrogen) atoms. The summed E-state index contributed by atoms with van der Waals surface area (Å²) in [5, 5.41) is 9.34. The molecule has 2 aliphatic rings. The molecular weight excluding hydrogens is 400 g/mol. The van der Waals surface area contributed by atoms with Crippen molar-refractivity contribution in [1.29, 1.82) is 0 Å². The van der Waals surface area contributed by atoms with Crippen molar-refractivity contribution < 1.29 is 8.42 Å². The van der Waals surface area contributed by atoms with E-state index in [9.17, 15) is 8.42 Å². The summed E-state index contributed by atoms with van der Waals surface area (Å²) in [6, 6.07) is 8.37. The predicted molar refractivity (Wildman–Crippen MR) is 117 cm³/mol. The first kappa shape index (κ1) is 19.1. The lowest BCUT2D eigenvalue weighted by atomic mass is 9.80. The van der Waals surface area contributed by atoms with Crippen molar-refractivity contribution in [3.63, 3.8) is 0 Å².